The molecule has 0 aliphatic heterocycles. The van der Waals surface area contributed by atoms with Gasteiger partial charge in [0, 0.05) is 24.1 Å². The standard InChI is InChI=1S/C29H26N4O2S/c1-35-25-13-9-21(10-14-25)17-31-28(34)24-11-7-23(8-12-24)20-36-29-32-26-15-16-30-18-27(26)33(29)19-22-5-3-2-4-6-22/h2-16,18H,17,19-20H2,1H3,(H,31,34). The largest absolute Gasteiger partial charge is 0.497 e. The molecule has 0 saturated carbocycles. The average Bonchev–Trinajstić information content (AvgIpc) is 3.28. The predicted molar refractivity (Wildman–Crippen MR) is 143 cm³/mol. The Bertz CT molecular complexity index is 1450. The molecule has 36 heavy (non-hydrogen) atoms. The predicted octanol–water partition coefficient (Wildman–Crippen LogP) is 5.71. The summed E-state index contributed by atoms with van der Waals surface area (Å²) in [6.45, 7) is 1.20. The summed E-state index contributed by atoms with van der Waals surface area (Å²) in [5.74, 6) is 1.45. The van der Waals surface area contributed by atoms with Crippen LogP contribution in [0.2, 0.25) is 0 Å². The summed E-state index contributed by atoms with van der Waals surface area (Å²) in [5.41, 5.74) is 5.96. The molecule has 1 N–H and O–H groups in total. The lowest BCUT2D eigenvalue weighted by Gasteiger charge is -2.10. The molecule has 7 heteroatoms. The van der Waals surface area contributed by atoms with Crippen molar-refractivity contribution in [1.29, 1.82) is 0 Å². The molecule has 2 heterocycles. The van der Waals surface area contributed by atoms with Gasteiger partial charge in [0.1, 0.15) is 5.75 Å². The first-order valence-corrected chi connectivity index (χ1v) is 12.7. The Morgan fingerprint density at radius 2 is 1.67 bits per heavy atom. The van der Waals surface area contributed by atoms with Crippen molar-refractivity contribution in [3.8, 4) is 5.75 Å². The van der Waals surface area contributed by atoms with Gasteiger partial charge in [-0.05, 0) is 47.0 Å². The Kier molecular flexibility index (Phi) is 7.28. The normalized spacial score (nSPS) is 10.9. The highest BCUT2D eigenvalue weighted by atomic mass is 32.2. The molecule has 0 radical (unpaired) electrons. The van der Waals surface area contributed by atoms with Crippen molar-refractivity contribution in [2.45, 2.75) is 24.0 Å². The van der Waals surface area contributed by atoms with Crippen molar-refractivity contribution in [3.05, 3.63) is 120 Å². The lowest BCUT2D eigenvalue weighted by atomic mass is 10.1. The summed E-state index contributed by atoms with van der Waals surface area (Å²) in [6.07, 6.45) is 3.64. The van der Waals surface area contributed by atoms with Crippen LogP contribution in [0, 0.1) is 0 Å². The molecule has 1 amide bonds. The topological polar surface area (TPSA) is 69.0 Å². The van der Waals surface area contributed by atoms with Gasteiger partial charge < -0.3 is 14.6 Å². The van der Waals surface area contributed by atoms with Crippen molar-refractivity contribution in [2.75, 3.05) is 7.11 Å². The van der Waals surface area contributed by atoms with Gasteiger partial charge in [-0.1, -0.05) is 66.4 Å². The van der Waals surface area contributed by atoms with Crippen LogP contribution in [0.25, 0.3) is 11.0 Å². The minimum atomic E-state index is -0.0952. The highest BCUT2D eigenvalue weighted by Crippen LogP contribution is 2.27. The maximum absolute atomic E-state index is 12.6. The second-order valence-corrected chi connectivity index (χ2v) is 9.29. The quantitative estimate of drug-likeness (QED) is 0.266. The van der Waals surface area contributed by atoms with Crippen molar-refractivity contribution in [3.63, 3.8) is 0 Å². The lowest BCUT2D eigenvalue weighted by molar-refractivity contribution is 0.0951. The number of nitrogens with one attached hydrogen (secondary N) is 1. The molecule has 6 nitrogen and oxygen atoms in total. The zero-order chi connectivity index (χ0) is 24.7. The third-order valence-electron chi connectivity index (χ3n) is 5.90. The van der Waals surface area contributed by atoms with Gasteiger partial charge in [0.15, 0.2) is 5.16 Å². The highest BCUT2D eigenvalue weighted by Gasteiger charge is 2.13. The van der Waals surface area contributed by atoms with Crippen molar-refractivity contribution >= 4 is 28.7 Å². The number of thioether (sulfide) groups is 1. The Labute approximate surface area is 214 Å². The number of benzene rings is 3. The molecule has 3 aromatic carbocycles. The first-order valence-electron chi connectivity index (χ1n) is 11.7. The summed E-state index contributed by atoms with van der Waals surface area (Å²) in [7, 11) is 1.64. The molecule has 0 aliphatic rings. The van der Waals surface area contributed by atoms with E-state index in [4.69, 9.17) is 9.72 Å². The van der Waals surface area contributed by atoms with Crippen LogP contribution in [0.3, 0.4) is 0 Å². The Hall–Kier alpha value is -4.10. The van der Waals surface area contributed by atoms with Gasteiger partial charge in [0.25, 0.3) is 5.91 Å². The number of carbonyl (C=O) groups is 1. The number of pyridine rings is 1. The number of hydrogen-bond donors (Lipinski definition) is 1. The number of imidazole rings is 1. The van der Waals surface area contributed by atoms with E-state index in [1.807, 2.05) is 79.0 Å². The Morgan fingerprint density at radius 1 is 0.917 bits per heavy atom. The molecular formula is C29H26N4O2S. The smallest absolute Gasteiger partial charge is 0.251 e. The maximum Gasteiger partial charge on any atom is 0.251 e. The number of methoxy groups -OCH3 is 1. The van der Waals surface area contributed by atoms with Crippen LogP contribution >= 0.6 is 11.8 Å². The van der Waals surface area contributed by atoms with Crippen LogP contribution in [0.15, 0.2) is 102 Å². The SMILES string of the molecule is COc1ccc(CNC(=O)c2ccc(CSc3nc4ccncc4n3Cc3ccccc3)cc2)cc1. The van der Waals surface area contributed by atoms with Crippen molar-refractivity contribution in [2.24, 2.45) is 0 Å². The van der Waals surface area contributed by atoms with E-state index < -0.39 is 0 Å². The maximum atomic E-state index is 12.6. The van der Waals surface area contributed by atoms with E-state index in [0.717, 1.165) is 45.4 Å². The second-order valence-electron chi connectivity index (χ2n) is 8.35. The van der Waals surface area contributed by atoms with Gasteiger partial charge in [-0.2, -0.15) is 0 Å². The van der Waals surface area contributed by atoms with E-state index in [-0.39, 0.29) is 5.91 Å². The lowest BCUT2D eigenvalue weighted by Crippen LogP contribution is -2.22. The van der Waals surface area contributed by atoms with Crippen LogP contribution < -0.4 is 10.1 Å². The van der Waals surface area contributed by atoms with E-state index in [1.165, 1.54) is 5.56 Å². The van der Waals surface area contributed by atoms with Gasteiger partial charge in [-0.15, -0.1) is 0 Å². The second kappa shape index (κ2) is 11.1. The average molecular weight is 495 g/mol. The first-order chi connectivity index (χ1) is 17.7. The number of rotatable bonds is 9. The molecule has 180 valence electrons. The molecule has 0 fully saturated rings. The van der Waals surface area contributed by atoms with E-state index in [2.05, 4.69) is 27.0 Å². The van der Waals surface area contributed by atoms with E-state index in [9.17, 15) is 4.79 Å². The summed E-state index contributed by atoms with van der Waals surface area (Å²) >= 11 is 1.68. The minimum Gasteiger partial charge on any atom is -0.497 e. The van der Waals surface area contributed by atoms with Gasteiger partial charge in [-0.25, -0.2) is 4.98 Å². The van der Waals surface area contributed by atoms with Crippen LogP contribution in [-0.2, 0) is 18.8 Å². The zero-order valence-corrected chi connectivity index (χ0v) is 20.7. The van der Waals surface area contributed by atoms with E-state index in [0.29, 0.717) is 12.1 Å². The fourth-order valence-electron chi connectivity index (χ4n) is 3.90. The third kappa shape index (κ3) is 5.58. The van der Waals surface area contributed by atoms with E-state index >= 15 is 0 Å². The number of carbonyl (C=O) groups excluding carboxylic acids is 1. The molecule has 5 rings (SSSR count). The van der Waals surface area contributed by atoms with Gasteiger partial charge in [0.05, 0.1) is 30.9 Å². The van der Waals surface area contributed by atoms with Crippen LogP contribution in [0.4, 0.5) is 0 Å². The number of amides is 1. The van der Waals surface area contributed by atoms with Crippen LogP contribution in [0.5, 0.6) is 5.75 Å². The molecule has 2 aromatic heterocycles. The number of ether oxygens (including phenoxy) is 1. The van der Waals surface area contributed by atoms with Crippen LogP contribution in [0.1, 0.15) is 27.0 Å². The fourth-order valence-corrected chi connectivity index (χ4v) is 4.87. The molecule has 0 spiro atoms. The zero-order valence-electron chi connectivity index (χ0n) is 19.9. The fraction of sp³-hybridized carbons (Fsp3) is 0.138. The van der Waals surface area contributed by atoms with E-state index in [1.54, 1.807) is 25.1 Å². The van der Waals surface area contributed by atoms with Crippen molar-refractivity contribution in [1.82, 2.24) is 19.9 Å². The number of fused-ring (bicyclic) bond motifs is 1. The van der Waals surface area contributed by atoms with Crippen molar-refractivity contribution < 1.29 is 9.53 Å². The monoisotopic (exact) mass is 494 g/mol. The molecule has 0 saturated heterocycles. The van der Waals surface area contributed by atoms with Gasteiger partial charge in [0.2, 0.25) is 0 Å². The number of hydrogen-bond acceptors (Lipinski definition) is 5. The van der Waals surface area contributed by atoms with Gasteiger partial charge in [-0.3, -0.25) is 9.78 Å². The van der Waals surface area contributed by atoms with Crippen LogP contribution in [-0.4, -0.2) is 27.6 Å². The molecular weight excluding hydrogens is 468 g/mol. The Morgan fingerprint density at radius 3 is 2.42 bits per heavy atom. The molecule has 0 unspecified atom stereocenters. The number of nitrogens with zero attached hydrogens (tertiary/aromatic N) is 3. The summed E-state index contributed by atoms with van der Waals surface area (Å²) in [5, 5.41) is 3.92. The first kappa shape index (κ1) is 23.6. The highest BCUT2D eigenvalue weighted by molar-refractivity contribution is 7.98. The summed E-state index contributed by atoms with van der Waals surface area (Å²) < 4.78 is 7.39. The number of aromatic nitrogens is 3. The Balaban J connectivity index is 1.23. The molecule has 0 atom stereocenters. The molecule has 0 bridgehead atoms. The third-order valence-corrected chi connectivity index (χ3v) is 6.94. The molecule has 5 aromatic rings. The van der Waals surface area contributed by atoms with Gasteiger partial charge >= 0.3 is 0 Å². The molecule has 0 aliphatic carbocycles. The summed E-state index contributed by atoms with van der Waals surface area (Å²) in [4.78, 5) is 21.7. The summed E-state index contributed by atoms with van der Waals surface area (Å²) in [6, 6.07) is 27.7. The minimum absolute atomic E-state index is 0.0952.